The highest BCUT2D eigenvalue weighted by Gasteiger charge is 2.37. The molecule has 162 valence electrons. The number of halogens is 3. The molecule has 0 atom stereocenters. The molecule has 0 aliphatic carbocycles. The van der Waals surface area contributed by atoms with Crippen LogP contribution in [0, 0.1) is 0 Å². The summed E-state index contributed by atoms with van der Waals surface area (Å²) in [6.07, 6.45) is -3.30. The predicted octanol–water partition coefficient (Wildman–Crippen LogP) is 6.00. The van der Waals surface area contributed by atoms with Crippen molar-refractivity contribution in [2.75, 3.05) is 19.0 Å². The third-order valence-corrected chi connectivity index (χ3v) is 5.06. The highest BCUT2D eigenvalue weighted by molar-refractivity contribution is 6.32. The number of fused-ring (bicyclic) bond motifs is 1. The van der Waals surface area contributed by atoms with E-state index in [4.69, 9.17) is 0 Å². The summed E-state index contributed by atoms with van der Waals surface area (Å²) >= 11 is 0. The lowest BCUT2D eigenvalue weighted by Crippen LogP contribution is -2.21. The van der Waals surface area contributed by atoms with Gasteiger partial charge in [-0.05, 0) is 35.9 Å². The lowest BCUT2D eigenvalue weighted by molar-refractivity contribution is -0.201. The molecule has 4 aromatic rings. The number of rotatable bonds is 5. The van der Waals surface area contributed by atoms with E-state index in [1.165, 1.54) is 24.3 Å². The summed E-state index contributed by atoms with van der Waals surface area (Å²) in [5.41, 5.74) is 1.72. The third-order valence-electron chi connectivity index (χ3n) is 5.06. The van der Waals surface area contributed by atoms with Crippen molar-refractivity contribution in [3.05, 3.63) is 95.8 Å². The number of anilines is 1. The van der Waals surface area contributed by atoms with Gasteiger partial charge in [-0.15, -0.1) is 13.2 Å². The van der Waals surface area contributed by atoms with Crippen LogP contribution in [0.3, 0.4) is 0 Å². The predicted molar refractivity (Wildman–Crippen MR) is 120 cm³/mol. The summed E-state index contributed by atoms with van der Waals surface area (Å²) in [5, 5.41) is 0. The van der Waals surface area contributed by atoms with E-state index in [-0.39, 0.29) is 26.7 Å². The van der Waals surface area contributed by atoms with Crippen molar-refractivity contribution in [3.63, 3.8) is 0 Å². The number of nitrogens with zero attached hydrogens (tertiary/aromatic N) is 3. The van der Waals surface area contributed by atoms with E-state index in [9.17, 15) is 18.0 Å². The number of benzene rings is 3. The highest BCUT2D eigenvalue weighted by Crippen LogP contribution is 2.34. The fourth-order valence-electron chi connectivity index (χ4n) is 3.48. The second-order valence-corrected chi connectivity index (χ2v) is 7.47. The average molecular weight is 435 g/mol. The monoisotopic (exact) mass is 435 g/mol. The molecule has 0 unspecified atom stereocenters. The van der Waals surface area contributed by atoms with Crippen LogP contribution in [0.15, 0.2) is 78.9 Å². The number of imidazole rings is 1. The van der Waals surface area contributed by atoms with E-state index >= 15 is 0 Å². The Kier molecular flexibility index (Phi) is 5.57. The number of aromatic nitrogens is 2. The maximum Gasteiger partial charge on any atom is 0.490 e. The molecule has 0 saturated heterocycles. The van der Waals surface area contributed by atoms with Gasteiger partial charge in [-0.25, -0.2) is 9.55 Å². The van der Waals surface area contributed by atoms with Crippen LogP contribution in [-0.2, 0) is 6.30 Å². The number of carbonyl (C=O) groups is 1. The van der Waals surface area contributed by atoms with E-state index in [0.29, 0.717) is 5.56 Å². The van der Waals surface area contributed by atoms with Crippen molar-refractivity contribution in [1.29, 1.82) is 0 Å². The molecule has 3 aromatic carbocycles. The topological polar surface area (TPSA) is 38.1 Å². The van der Waals surface area contributed by atoms with Gasteiger partial charge in [0, 0.05) is 25.3 Å². The first-order valence-electron chi connectivity index (χ1n) is 9.89. The lowest BCUT2D eigenvalue weighted by Gasteiger charge is -2.15. The maximum atomic E-state index is 14.1. The van der Waals surface area contributed by atoms with Crippen LogP contribution in [0.4, 0.5) is 18.9 Å². The van der Waals surface area contributed by atoms with Gasteiger partial charge in [0.05, 0.1) is 16.6 Å². The number of allylic oxidation sites excluding steroid dienone is 1. The zero-order valence-electron chi connectivity index (χ0n) is 17.5. The Balaban J connectivity index is 1.96. The van der Waals surface area contributed by atoms with Crippen molar-refractivity contribution >= 4 is 34.2 Å². The highest BCUT2D eigenvalue weighted by atomic mass is 19.4. The maximum absolute atomic E-state index is 14.1. The van der Waals surface area contributed by atoms with Gasteiger partial charge in [0.25, 0.3) is 0 Å². The van der Waals surface area contributed by atoms with Crippen molar-refractivity contribution in [1.82, 2.24) is 9.55 Å². The molecular weight excluding hydrogens is 415 g/mol. The van der Waals surface area contributed by atoms with Crippen LogP contribution >= 0.6 is 0 Å². The lowest BCUT2D eigenvalue weighted by atomic mass is 10.00. The van der Waals surface area contributed by atoms with Crippen molar-refractivity contribution in [2.24, 2.45) is 0 Å². The fourth-order valence-corrected chi connectivity index (χ4v) is 3.48. The SMILES string of the molecule is CN(C)c1ccc(/C=C(/C(=O)c2ccccc2)c2nc3ccccc3n2C(F)(F)F)cc1. The van der Waals surface area contributed by atoms with Gasteiger partial charge < -0.3 is 4.90 Å². The summed E-state index contributed by atoms with van der Waals surface area (Å²) < 4.78 is 42.5. The second-order valence-electron chi connectivity index (χ2n) is 7.47. The molecule has 7 heteroatoms. The molecule has 0 aliphatic heterocycles. The van der Waals surface area contributed by atoms with Crippen LogP contribution in [0.5, 0.6) is 0 Å². The van der Waals surface area contributed by atoms with Crippen molar-refractivity contribution in [3.8, 4) is 0 Å². The van der Waals surface area contributed by atoms with Crippen LogP contribution < -0.4 is 4.90 Å². The fraction of sp³-hybridized carbons (Fsp3) is 0.120. The number of alkyl halides is 3. The molecule has 0 N–H and O–H groups in total. The molecule has 0 amide bonds. The molecule has 1 heterocycles. The van der Waals surface area contributed by atoms with Crippen LogP contribution in [0.25, 0.3) is 22.7 Å². The molecule has 0 bridgehead atoms. The molecule has 0 saturated carbocycles. The number of Topliss-reactive ketones (excluding diaryl/α,β-unsaturated/α-hetero) is 1. The van der Waals surface area contributed by atoms with Crippen LogP contribution in [-0.4, -0.2) is 29.4 Å². The summed E-state index contributed by atoms with van der Waals surface area (Å²) in [4.78, 5) is 19.5. The Bertz CT molecular complexity index is 1290. The molecule has 4 rings (SSSR count). The Morgan fingerprint density at radius 1 is 0.906 bits per heavy atom. The minimum absolute atomic E-state index is 0.107. The number of carbonyl (C=O) groups excluding carboxylic acids is 1. The van der Waals surface area contributed by atoms with Gasteiger partial charge >= 0.3 is 6.30 Å². The van der Waals surface area contributed by atoms with E-state index in [1.807, 2.05) is 31.1 Å². The molecule has 0 radical (unpaired) electrons. The van der Waals surface area contributed by atoms with Gasteiger partial charge in [-0.2, -0.15) is 0 Å². The zero-order valence-corrected chi connectivity index (χ0v) is 17.5. The molecule has 0 fully saturated rings. The minimum Gasteiger partial charge on any atom is -0.378 e. The molecule has 0 spiro atoms. The van der Waals surface area contributed by atoms with Gasteiger partial charge in [-0.3, -0.25) is 4.79 Å². The summed E-state index contributed by atoms with van der Waals surface area (Å²) in [6.45, 7) is 0. The van der Waals surface area contributed by atoms with E-state index in [1.54, 1.807) is 48.5 Å². The molecule has 4 nitrogen and oxygen atoms in total. The van der Waals surface area contributed by atoms with Gasteiger partial charge in [0.2, 0.25) is 0 Å². The summed E-state index contributed by atoms with van der Waals surface area (Å²) in [6, 6.07) is 21.4. The van der Waals surface area contributed by atoms with Crippen molar-refractivity contribution in [2.45, 2.75) is 6.30 Å². The Labute approximate surface area is 183 Å². The first-order chi connectivity index (χ1) is 15.3. The Hall–Kier alpha value is -3.87. The molecule has 32 heavy (non-hydrogen) atoms. The minimum atomic E-state index is -4.75. The summed E-state index contributed by atoms with van der Waals surface area (Å²) in [5.74, 6) is -0.979. The Morgan fingerprint density at radius 2 is 1.53 bits per heavy atom. The standard InChI is InChI=1S/C25H20F3N3O/c1-30(2)19-14-12-17(13-15-19)16-20(23(32)18-8-4-3-5-9-18)24-29-21-10-6-7-11-22(21)31(24)25(26,27)28/h3-16H,1-2H3/b20-16-. The van der Waals surface area contributed by atoms with Crippen LogP contribution in [0.2, 0.25) is 0 Å². The van der Waals surface area contributed by atoms with Gasteiger partial charge in [0.15, 0.2) is 11.6 Å². The number of para-hydroxylation sites is 2. The number of hydrogen-bond acceptors (Lipinski definition) is 3. The smallest absolute Gasteiger partial charge is 0.378 e. The first-order valence-corrected chi connectivity index (χ1v) is 9.89. The number of ketones is 1. The second kappa shape index (κ2) is 8.34. The van der Waals surface area contributed by atoms with Gasteiger partial charge in [-0.1, -0.05) is 54.6 Å². The number of hydrogen-bond donors (Lipinski definition) is 0. The quantitative estimate of drug-likeness (QED) is 0.285. The van der Waals surface area contributed by atoms with Crippen LogP contribution in [0.1, 0.15) is 21.7 Å². The van der Waals surface area contributed by atoms with E-state index in [2.05, 4.69) is 4.98 Å². The summed E-state index contributed by atoms with van der Waals surface area (Å²) in [7, 11) is 3.78. The van der Waals surface area contributed by atoms with Gasteiger partial charge in [0.1, 0.15) is 0 Å². The third kappa shape index (κ3) is 4.14. The zero-order chi connectivity index (χ0) is 22.9. The normalized spacial score (nSPS) is 12.2. The first kappa shape index (κ1) is 21.4. The van der Waals surface area contributed by atoms with E-state index < -0.39 is 17.9 Å². The largest absolute Gasteiger partial charge is 0.490 e. The Morgan fingerprint density at radius 3 is 2.16 bits per heavy atom. The molecule has 1 aromatic heterocycles. The average Bonchev–Trinajstić information content (AvgIpc) is 3.17. The molecule has 0 aliphatic rings. The van der Waals surface area contributed by atoms with E-state index in [0.717, 1.165) is 5.69 Å². The molecular formula is C25H20F3N3O. The van der Waals surface area contributed by atoms with Crippen molar-refractivity contribution < 1.29 is 18.0 Å².